The zero-order chi connectivity index (χ0) is 18.2. The van der Waals surface area contributed by atoms with E-state index in [0.717, 1.165) is 57.6 Å². The van der Waals surface area contributed by atoms with Crippen LogP contribution in [0.1, 0.15) is 37.3 Å². The quantitative estimate of drug-likeness (QED) is 0.207. The lowest BCUT2D eigenvalue weighted by atomic mass is 10.1. The van der Waals surface area contributed by atoms with Gasteiger partial charge in [0, 0.05) is 49.9 Å². The summed E-state index contributed by atoms with van der Waals surface area (Å²) < 4.78 is 5.67. The molecule has 1 saturated carbocycles. The van der Waals surface area contributed by atoms with Gasteiger partial charge in [0.1, 0.15) is 0 Å². The van der Waals surface area contributed by atoms with Gasteiger partial charge in [-0.3, -0.25) is 4.99 Å². The summed E-state index contributed by atoms with van der Waals surface area (Å²) in [5.41, 5.74) is 3.88. The van der Waals surface area contributed by atoms with Crippen LogP contribution in [-0.2, 0) is 11.2 Å². The number of fused-ring (bicyclic) bond motifs is 1. The molecule has 0 bridgehead atoms. The Bertz CT molecular complexity index is 724. The summed E-state index contributed by atoms with van der Waals surface area (Å²) in [5, 5.41) is 8.08. The molecule has 1 aromatic carbocycles. The number of para-hydroxylation sites is 1. The van der Waals surface area contributed by atoms with Crippen molar-refractivity contribution in [2.45, 2.75) is 39.5 Å². The Kier molecular flexibility index (Phi) is 9.41. The highest BCUT2D eigenvalue weighted by molar-refractivity contribution is 14.0. The Hall–Kier alpha value is -1.28. The predicted octanol–water partition coefficient (Wildman–Crippen LogP) is 4.01. The molecule has 1 fully saturated rings. The number of ether oxygens (including phenoxy) is 1. The smallest absolute Gasteiger partial charge is 0.191 e. The first-order valence-electron chi connectivity index (χ1n) is 9.93. The van der Waals surface area contributed by atoms with Gasteiger partial charge in [0.15, 0.2) is 5.96 Å². The highest BCUT2D eigenvalue weighted by Gasteiger charge is 2.20. The van der Waals surface area contributed by atoms with Crippen molar-refractivity contribution in [1.82, 2.24) is 15.6 Å². The number of aryl methyl sites for hydroxylation is 1. The lowest BCUT2D eigenvalue weighted by Crippen LogP contribution is -2.38. The van der Waals surface area contributed by atoms with E-state index in [2.05, 4.69) is 58.9 Å². The first-order valence-corrected chi connectivity index (χ1v) is 9.93. The molecule has 0 amide bonds. The molecule has 27 heavy (non-hydrogen) atoms. The lowest BCUT2D eigenvalue weighted by molar-refractivity contribution is 0.123. The molecule has 1 aromatic heterocycles. The number of aromatic nitrogens is 1. The number of hydrogen-bond donors (Lipinski definition) is 3. The van der Waals surface area contributed by atoms with E-state index in [1.807, 2.05) is 0 Å². The number of guanidine groups is 1. The summed E-state index contributed by atoms with van der Waals surface area (Å²) in [6, 6.07) is 6.46. The maximum absolute atomic E-state index is 5.67. The fraction of sp³-hybridized carbons (Fsp3) is 0.571. The van der Waals surface area contributed by atoms with Crippen molar-refractivity contribution in [2.75, 3.05) is 32.8 Å². The number of nitrogens with one attached hydrogen (secondary N) is 3. The predicted molar refractivity (Wildman–Crippen MR) is 124 cm³/mol. The second-order valence-corrected chi connectivity index (χ2v) is 7.12. The zero-order valence-electron chi connectivity index (χ0n) is 16.5. The van der Waals surface area contributed by atoms with Gasteiger partial charge in [0.25, 0.3) is 0 Å². The maximum atomic E-state index is 5.67. The van der Waals surface area contributed by atoms with Crippen LogP contribution in [-0.4, -0.2) is 43.8 Å². The van der Waals surface area contributed by atoms with E-state index in [1.54, 1.807) is 0 Å². The van der Waals surface area contributed by atoms with Crippen LogP contribution < -0.4 is 10.6 Å². The molecule has 3 rings (SSSR count). The van der Waals surface area contributed by atoms with Gasteiger partial charge in [-0.05, 0) is 56.6 Å². The minimum Gasteiger partial charge on any atom is -0.381 e. The fourth-order valence-corrected chi connectivity index (χ4v) is 3.12. The number of hydrogen-bond acceptors (Lipinski definition) is 2. The minimum absolute atomic E-state index is 0. The van der Waals surface area contributed by atoms with Crippen LogP contribution in [0.15, 0.2) is 29.4 Å². The van der Waals surface area contributed by atoms with Crippen molar-refractivity contribution in [3.05, 3.63) is 35.5 Å². The third-order valence-electron chi connectivity index (χ3n) is 4.81. The van der Waals surface area contributed by atoms with Gasteiger partial charge < -0.3 is 20.4 Å². The third kappa shape index (κ3) is 6.99. The van der Waals surface area contributed by atoms with Gasteiger partial charge in [-0.1, -0.05) is 18.2 Å². The molecule has 3 N–H and O–H groups in total. The average molecular weight is 484 g/mol. The Morgan fingerprint density at radius 3 is 2.93 bits per heavy atom. The van der Waals surface area contributed by atoms with Crippen LogP contribution >= 0.6 is 24.0 Å². The molecule has 5 nitrogen and oxygen atoms in total. The molecule has 0 unspecified atom stereocenters. The number of rotatable bonds is 10. The average Bonchev–Trinajstić information content (AvgIpc) is 3.37. The van der Waals surface area contributed by atoms with Crippen molar-refractivity contribution in [3.8, 4) is 0 Å². The second kappa shape index (κ2) is 11.5. The summed E-state index contributed by atoms with van der Waals surface area (Å²) in [5.74, 6) is 1.73. The topological polar surface area (TPSA) is 61.4 Å². The molecule has 1 aliphatic carbocycles. The van der Waals surface area contributed by atoms with Crippen molar-refractivity contribution in [3.63, 3.8) is 0 Å². The summed E-state index contributed by atoms with van der Waals surface area (Å²) in [6.07, 6.45) is 6.77. The Morgan fingerprint density at radius 2 is 2.15 bits per heavy atom. The van der Waals surface area contributed by atoms with Crippen LogP contribution in [0.2, 0.25) is 0 Å². The molecular weight excluding hydrogens is 451 g/mol. The molecule has 6 heteroatoms. The molecule has 150 valence electrons. The van der Waals surface area contributed by atoms with Gasteiger partial charge in [0.05, 0.1) is 0 Å². The van der Waals surface area contributed by atoms with Crippen LogP contribution in [0, 0.1) is 12.8 Å². The third-order valence-corrected chi connectivity index (χ3v) is 4.81. The molecule has 1 heterocycles. The largest absolute Gasteiger partial charge is 0.381 e. The van der Waals surface area contributed by atoms with Crippen molar-refractivity contribution >= 4 is 40.8 Å². The summed E-state index contributed by atoms with van der Waals surface area (Å²) in [7, 11) is 0. The molecule has 0 spiro atoms. The van der Waals surface area contributed by atoms with Gasteiger partial charge in [-0.25, -0.2) is 0 Å². The number of aromatic amines is 1. The Labute approximate surface area is 179 Å². The standard InChI is InChI=1S/C21H32N4O.HI/c1-3-22-21(23-11-5-13-26-15-17-8-9-17)24-12-10-18-14-25-20-16(2)6-4-7-19(18)20;/h4,6-7,14,17,25H,3,5,8-13,15H2,1-2H3,(H2,22,23,24);1H. The summed E-state index contributed by atoms with van der Waals surface area (Å²) in [6.45, 7) is 8.53. The minimum atomic E-state index is 0. The van der Waals surface area contributed by atoms with Crippen molar-refractivity contribution < 1.29 is 4.74 Å². The summed E-state index contributed by atoms with van der Waals surface area (Å²) in [4.78, 5) is 8.05. The normalized spacial score (nSPS) is 14.2. The molecule has 0 saturated heterocycles. The zero-order valence-corrected chi connectivity index (χ0v) is 18.8. The highest BCUT2D eigenvalue weighted by Crippen LogP contribution is 2.28. The van der Waals surface area contributed by atoms with E-state index in [0.29, 0.717) is 0 Å². The Morgan fingerprint density at radius 1 is 1.30 bits per heavy atom. The van der Waals surface area contributed by atoms with Gasteiger partial charge in [-0.2, -0.15) is 0 Å². The first kappa shape index (κ1) is 22.0. The highest BCUT2D eigenvalue weighted by atomic mass is 127. The molecule has 0 radical (unpaired) electrons. The number of aliphatic imine (C=N–C) groups is 1. The maximum Gasteiger partial charge on any atom is 0.191 e. The van der Waals surface area contributed by atoms with E-state index >= 15 is 0 Å². The Balaban J connectivity index is 0.00000261. The van der Waals surface area contributed by atoms with E-state index in [1.165, 1.54) is 34.9 Å². The van der Waals surface area contributed by atoms with Crippen LogP contribution in [0.3, 0.4) is 0 Å². The monoisotopic (exact) mass is 484 g/mol. The summed E-state index contributed by atoms with van der Waals surface area (Å²) >= 11 is 0. The van der Waals surface area contributed by atoms with E-state index in [4.69, 9.17) is 4.74 Å². The van der Waals surface area contributed by atoms with E-state index in [9.17, 15) is 0 Å². The van der Waals surface area contributed by atoms with Crippen LogP contribution in [0.25, 0.3) is 10.9 Å². The SMILES string of the molecule is CCNC(=NCCCOCC1CC1)NCCc1c[nH]c2c(C)cccc12.I. The van der Waals surface area contributed by atoms with Crippen molar-refractivity contribution in [2.24, 2.45) is 10.9 Å². The van der Waals surface area contributed by atoms with E-state index in [-0.39, 0.29) is 24.0 Å². The molecule has 0 aliphatic heterocycles. The van der Waals surface area contributed by atoms with Crippen LogP contribution in [0.4, 0.5) is 0 Å². The first-order chi connectivity index (χ1) is 12.8. The van der Waals surface area contributed by atoms with Gasteiger partial charge in [0.2, 0.25) is 0 Å². The van der Waals surface area contributed by atoms with Gasteiger partial charge >= 0.3 is 0 Å². The number of halogens is 1. The molecule has 0 atom stereocenters. The molecule has 1 aliphatic rings. The van der Waals surface area contributed by atoms with E-state index < -0.39 is 0 Å². The number of H-pyrrole nitrogens is 1. The second-order valence-electron chi connectivity index (χ2n) is 7.12. The van der Waals surface area contributed by atoms with Gasteiger partial charge in [-0.15, -0.1) is 24.0 Å². The number of nitrogens with zero attached hydrogens (tertiary/aromatic N) is 1. The lowest BCUT2D eigenvalue weighted by Gasteiger charge is -2.11. The fourth-order valence-electron chi connectivity index (χ4n) is 3.12. The molecule has 2 aromatic rings. The number of benzene rings is 1. The molecular formula is C21H33IN4O. The van der Waals surface area contributed by atoms with Crippen LogP contribution in [0.5, 0.6) is 0 Å². The van der Waals surface area contributed by atoms with Crippen molar-refractivity contribution in [1.29, 1.82) is 0 Å².